The van der Waals surface area contributed by atoms with Crippen LogP contribution in [0.1, 0.15) is 33.4 Å². The van der Waals surface area contributed by atoms with E-state index in [1.807, 2.05) is 0 Å². The highest BCUT2D eigenvalue weighted by Gasteiger charge is 2.70. The molecule has 0 atom stereocenters. The molecule has 1 aliphatic rings. The van der Waals surface area contributed by atoms with Gasteiger partial charge in [-0.2, -0.15) is 0 Å². The van der Waals surface area contributed by atoms with E-state index in [2.05, 4.69) is 0 Å². The first kappa shape index (κ1) is 33.5. The second-order valence-corrected chi connectivity index (χ2v) is 14.0. The zero-order valence-corrected chi connectivity index (χ0v) is 25.7. The third-order valence-corrected chi connectivity index (χ3v) is 11.9. The van der Waals surface area contributed by atoms with E-state index in [0.29, 0.717) is 11.1 Å². The minimum atomic E-state index is -5.26. The predicted molar refractivity (Wildman–Crippen MR) is 153 cm³/mol. The molecular weight excluding hydrogens is 652 g/mol. The molecule has 0 N–H and O–H groups in total. The van der Waals surface area contributed by atoms with Gasteiger partial charge < -0.3 is 9.10 Å². The first-order chi connectivity index (χ1) is 21.3. The van der Waals surface area contributed by atoms with Crippen molar-refractivity contribution in [3.05, 3.63) is 116 Å². The van der Waals surface area contributed by atoms with E-state index in [1.54, 1.807) is 38.1 Å². The summed E-state index contributed by atoms with van der Waals surface area (Å²) in [5, 5.41) is -0.0377. The summed E-state index contributed by atoms with van der Waals surface area (Å²) in [6.07, 6.45) is 0. The highest BCUT2D eigenvalue weighted by Crippen LogP contribution is 2.67. The van der Waals surface area contributed by atoms with Crippen LogP contribution in [0.15, 0.2) is 24.3 Å². The SMILES string of the molecule is Cc1cc(C)c([P+]2(c3c(C)cc(C)cc3C)O[B-](c3c(F)c(F)c(F)c(F)c3F)(c3c(F)c(F)c(F)c(F)c3F)OC2=O)c(C)c1. The molecule has 0 bridgehead atoms. The van der Waals surface area contributed by atoms with Crippen molar-refractivity contribution in [2.75, 3.05) is 0 Å². The average molecular weight is 674 g/mol. The van der Waals surface area contributed by atoms with Crippen LogP contribution >= 0.6 is 7.49 Å². The molecule has 0 unspecified atom stereocenters. The number of rotatable bonds is 4. The molecule has 0 spiro atoms. The van der Waals surface area contributed by atoms with Gasteiger partial charge in [-0.05, 0) is 63.8 Å². The van der Waals surface area contributed by atoms with Crippen molar-refractivity contribution in [1.29, 1.82) is 0 Å². The topological polar surface area (TPSA) is 35.5 Å². The highest BCUT2D eigenvalue weighted by atomic mass is 31.2. The van der Waals surface area contributed by atoms with E-state index in [0.717, 1.165) is 0 Å². The maximum Gasteiger partial charge on any atom is 0.442 e. The van der Waals surface area contributed by atoms with Crippen LogP contribution in [0.25, 0.3) is 0 Å². The van der Waals surface area contributed by atoms with E-state index in [-0.39, 0.29) is 32.9 Å². The summed E-state index contributed by atoms with van der Waals surface area (Å²) < 4.78 is 161. The van der Waals surface area contributed by atoms with Gasteiger partial charge in [0.2, 0.25) is 0 Å². The zero-order valence-electron chi connectivity index (χ0n) is 24.8. The predicted octanol–water partition coefficient (Wildman–Crippen LogP) is 7.23. The first-order valence-electron chi connectivity index (χ1n) is 13.5. The maximum atomic E-state index is 15.7. The molecule has 242 valence electrons. The van der Waals surface area contributed by atoms with Gasteiger partial charge in [0, 0.05) is 0 Å². The van der Waals surface area contributed by atoms with Crippen molar-refractivity contribution in [2.24, 2.45) is 0 Å². The fourth-order valence-electron chi connectivity index (χ4n) is 6.52. The van der Waals surface area contributed by atoms with Gasteiger partial charge in [0.25, 0.3) is 7.49 Å². The van der Waals surface area contributed by atoms with Gasteiger partial charge in [0.1, 0.15) is 33.9 Å². The Bertz CT molecular complexity index is 1780. The Balaban J connectivity index is 2.08. The van der Waals surface area contributed by atoms with Crippen LogP contribution in [-0.4, -0.2) is 12.3 Å². The van der Waals surface area contributed by atoms with E-state index in [4.69, 9.17) is 9.10 Å². The number of hydrogen-bond donors (Lipinski definition) is 0. The molecule has 0 aliphatic carbocycles. The van der Waals surface area contributed by atoms with Crippen molar-refractivity contribution in [1.82, 2.24) is 0 Å². The summed E-state index contributed by atoms with van der Waals surface area (Å²) in [4.78, 5) is 14.5. The molecule has 1 aliphatic heterocycles. The van der Waals surface area contributed by atoms with Gasteiger partial charge in [-0.25, -0.2) is 48.7 Å². The zero-order chi connectivity index (χ0) is 34.4. The van der Waals surface area contributed by atoms with Crippen LogP contribution in [-0.2, 0) is 9.10 Å². The highest BCUT2D eigenvalue weighted by molar-refractivity contribution is 8.00. The lowest BCUT2D eigenvalue weighted by Gasteiger charge is -2.35. The van der Waals surface area contributed by atoms with Gasteiger partial charge in [-0.15, -0.1) is 0 Å². The minimum Gasteiger partial charge on any atom is -0.623 e. The van der Waals surface area contributed by atoms with Crippen LogP contribution in [0.2, 0.25) is 0 Å². The lowest BCUT2D eigenvalue weighted by Crippen LogP contribution is -2.66. The molecule has 3 nitrogen and oxygen atoms in total. The Labute approximate surface area is 256 Å². The Kier molecular flexibility index (Phi) is 8.09. The molecule has 4 aromatic carbocycles. The Morgan fingerprint density at radius 3 is 1.02 bits per heavy atom. The van der Waals surface area contributed by atoms with Crippen molar-refractivity contribution < 1.29 is 57.8 Å². The van der Waals surface area contributed by atoms with Gasteiger partial charge in [0.05, 0.1) is 0 Å². The molecule has 0 amide bonds. The van der Waals surface area contributed by atoms with Gasteiger partial charge in [-0.1, -0.05) is 46.3 Å². The number of aryl methyl sites for hydroxylation is 6. The van der Waals surface area contributed by atoms with Crippen LogP contribution in [0, 0.1) is 99.7 Å². The standard InChI is InChI=1S/C31H22BF10O3P/c1-11-7-13(3)29(14(4)8-11)46(30-15(5)9-12(2)10-16(30)6)31(43)44-32(45-46,17-19(33)23(37)27(41)24(38)20(17)34)18-21(35)25(39)28(42)26(40)22(18)36/h7-10H,1-6H3. The van der Waals surface area contributed by atoms with Crippen molar-refractivity contribution in [2.45, 2.75) is 41.5 Å². The molecule has 0 aromatic heterocycles. The summed E-state index contributed by atoms with van der Waals surface area (Å²) >= 11 is 0. The largest absolute Gasteiger partial charge is 0.623 e. The minimum absolute atomic E-state index is 0.0188. The molecule has 15 heteroatoms. The van der Waals surface area contributed by atoms with Crippen LogP contribution in [0.5, 0.6) is 0 Å². The van der Waals surface area contributed by atoms with Crippen LogP contribution in [0.3, 0.4) is 0 Å². The summed E-state index contributed by atoms with van der Waals surface area (Å²) in [6.45, 7) is 4.10. The quantitative estimate of drug-likeness (QED) is 0.0754. The first-order valence-corrected chi connectivity index (χ1v) is 15.2. The molecular formula is C31H22BF10O3P. The average Bonchev–Trinajstić information content (AvgIpc) is 3.24. The summed E-state index contributed by atoms with van der Waals surface area (Å²) in [5.74, 6) is -27.1. The molecule has 5 rings (SSSR count). The summed E-state index contributed by atoms with van der Waals surface area (Å²) in [7, 11) is -4.63. The van der Waals surface area contributed by atoms with E-state index in [9.17, 15) is 31.1 Å². The molecule has 1 fully saturated rings. The van der Waals surface area contributed by atoms with E-state index < -0.39 is 88.8 Å². The third kappa shape index (κ3) is 4.47. The number of hydrogen-bond acceptors (Lipinski definition) is 3. The van der Waals surface area contributed by atoms with Crippen LogP contribution in [0.4, 0.5) is 48.7 Å². The number of carbonyl (C=O) groups is 1. The van der Waals surface area contributed by atoms with Crippen LogP contribution < -0.4 is 21.5 Å². The number of carbonyl (C=O) groups excluding carboxylic acids is 1. The molecule has 4 aromatic rings. The second kappa shape index (κ2) is 11.1. The lowest BCUT2D eigenvalue weighted by molar-refractivity contribution is 0.225. The number of halogens is 10. The second-order valence-electron chi connectivity index (χ2n) is 11.3. The number of benzene rings is 4. The van der Waals surface area contributed by atoms with Gasteiger partial charge in [0.15, 0.2) is 34.9 Å². The van der Waals surface area contributed by atoms with Crippen molar-refractivity contribution in [3.8, 4) is 0 Å². The monoisotopic (exact) mass is 674 g/mol. The fourth-order valence-corrected chi connectivity index (χ4v) is 10.6. The Hall–Kier alpha value is -3.90. The normalized spacial score (nSPS) is 15.4. The fraction of sp³-hybridized carbons (Fsp3) is 0.194. The lowest BCUT2D eigenvalue weighted by atomic mass is 9.46. The third-order valence-electron chi connectivity index (χ3n) is 7.98. The molecule has 1 heterocycles. The molecule has 46 heavy (non-hydrogen) atoms. The van der Waals surface area contributed by atoms with Crippen molar-refractivity contribution in [3.63, 3.8) is 0 Å². The van der Waals surface area contributed by atoms with Gasteiger partial charge >= 0.3 is 12.3 Å². The maximum absolute atomic E-state index is 15.7. The van der Waals surface area contributed by atoms with Crippen molar-refractivity contribution >= 4 is 41.3 Å². The molecule has 1 saturated heterocycles. The Morgan fingerprint density at radius 1 is 0.478 bits per heavy atom. The van der Waals surface area contributed by atoms with E-state index >= 15 is 17.6 Å². The smallest absolute Gasteiger partial charge is 0.442 e. The van der Waals surface area contributed by atoms with Gasteiger partial charge in [-0.3, -0.25) is 0 Å². The summed E-state index contributed by atoms with van der Waals surface area (Å²) in [6, 6.07) is 6.24. The molecule has 0 saturated carbocycles. The Morgan fingerprint density at radius 2 is 0.739 bits per heavy atom. The summed E-state index contributed by atoms with van der Waals surface area (Å²) in [5.41, 5.74) is -3.62. The molecule has 0 radical (unpaired) electrons. The van der Waals surface area contributed by atoms with E-state index in [1.165, 1.54) is 27.7 Å².